The summed E-state index contributed by atoms with van der Waals surface area (Å²) in [7, 11) is -0.460. The summed E-state index contributed by atoms with van der Waals surface area (Å²) < 4.78 is 29.2. The van der Waals surface area contributed by atoms with Crippen LogP contribution < -0.4 is 4.74 Å². The van der Waals surface area contributed by atoms with Gasteiger partial charge in [0.15, 0.2) is 5.75 Å². The quantitative estimate of drug-likeness (QED) is 0.785. The zero-order valence-corrected chi connectivity index (χ0v) is 10.6. The van der Waals surface area contributed by atoms with Gasteiger partial charge in [-0.25, -0.2) is 8.42 Å². The first-order chi connectivity index (χ1) is 7.99. The van der Waals surface area contributed by atoms with E-state index in [0.717, 1.165) is 15.6 Å². The summed E-state index contributed by atoms with van der Waals surface area (Å²) in [5.41, 5.74) is 0.842. The van der Waals surface area contributed by atoms with Gasteiger partial charge in [0.2, 0.25) is 10.0 Å². The number of hydrogen-bond acceptors (Lipinski definition) is 4. The van der Waals surface area contributed by atoms with E-state index in [1.807, 2.05) is 0 Å². The molecule has 0 fully saturated rings. The SMILES string of the molecule is COc1ccc(CN(C)S(=O)(=O)CC#N)cc1. The molecule has 0 radical (unpaired) electrons. The van der Waals surface area contributed by atoms with E-state index in [-0.39, 0.29) is 6.54 Å². The molecule has 0 saturated carbocycles. The Morgan fingerprint density at radius 1 is 1.35 bits per heavy atom. The fourth-order valence-corrected chi connectivity index (χ4v) is 2.01. The molecule has 0 amide bonds. The second kappa shape index (κ2) is 5.66. The third kappa shape index (κ3) is 3.73. The summed E-state index contributed by atoms with van der Waals surface area (Å²) >= 11 is 0. The predicted octanol–water partition coefficient (Wildman–Crippen LogP) is 0.980. The topological polar surface area (TPSA) is 70.4 Å². The van der Waals surface area contributed by atoms with E-state index in [1.54, 1.807) is 37.4 Å². The van der Waals surface area contributed by atoms with Crippen LogP contribution >= 0.6 is 0 Å². The van der Waals surface area contributed by atoms with Crippen molar-refractivity contribution in [2.75, 3.05) is 19.9 Å². The van der Waals surface area contributed by atoms with Gasteiger partial charge in [0.25, 0.3) is 0 Å². The standard InChI is InChI=1S/C11H14N2O3S/c1-13(17(14,15)8-7-12)9-10-3-5-11(16-2)6-4-10/h3-6H,8-9H2,1-2H3. The van der Waals surface area contributed by atoms with Crippen LogP contribution in [0.1, 0.15) is 5.56 Å². The minimum Gasteiger partial charge on any atom is -0.497 e. The fraction of sp³-hybridized carbons (Fsp3) is 0.364. The van der Waals surface area contributed by atoms with E-state index >= 15 is 0 Å². The van der Waals surface area contributed by atoms with Gasteiger partial charge < -0.3 is 4.74 Å². The molecule has 0 aliphatic rings. The molecular weight excluding hydrogens is 240 g/mol. The second-order valence-corrected chi connectivity index (χ2v) is 5.59. The van der Waals surface area contributed by atoms with Gasteiger partial charge in [0.05, 0.1) is 13.2 Å². The van der Waals surface area contributed by atoms with Crippen molar-refractivity contribution in [3.05, 3.63) is 29.8 Å². The third-order valence-electron chi connectivity index (χ3n) is 2.29. The Morgan fingerprint density at radius 3 is 2.41 bits per heavy atom. The number of nitrogens with zero attached hydrogens (tertiary/aromatic N) is 2. The molecule has 1 rings (SSSR count). The van der Waals surface area contributed by atoms with Gasteiger partial charge in [-0.05, 0) is 17.7 Å². The zero-order valence-electron chi connectivity index (χ0n) is 9.75. The van der Waals surface area contributed by atoms with Gasteiger partial charge in [-0.15, -0.1) is 0 Å². The Hall–Kier alpha value is -1.58. The number of nitriles is 1. The van der Waals surface area contributed by atoms with E-state index in [2.05, 4.69) is 0 Å². The maximum atomic E-state index is 11.5. The third-order valence-corrected chi connectivity index (χ3v) is 3.86. The number of methoxy groups -OCH3 is 1. The van der Waals surface area contributed by atoms with Crippen LogP contribution in [0.2, 0.25) is 0 Å². The molecule has 0 aliphatic carbocycles. The highest BCUT2D eigenvalue weighted by atomic mass is 32.2. The minimum atomic E-state index is -3.48. The van der Waals surface area contributed by atoms with Gasteiger partial charge >= 0.3 is 0 Å². The maximum absolute atomic E-state index is 11.5. The second-order valence-electron chi connectivity index (χ2n) is 3.52. The van der Waals surface area contributed by atoms with Crippen LogP contribution in [-0.4, -0.2) is 32.6 Å². The first-order valence-electron chi connectivity index (χ1n) is 4.93. The molecule has 1 aromatic carbocycles. The monoisotopic (exact) mass is 254 g/mol. The van der Waals surface area contributed by atoms with E-state index in [1.165, 1.54) is 7.05 Å². The van der Waals surface area contributed by atoms with E-state index in [9.17, 15) is 8.42 Å². The van der Waals surface area contributed by atoms with Crippen molar-refractivity contribution in [1.82, 2.24) is 4.31 Å². The van der Waals surface area contributed by atoms with Crippen molar-refractivity contribution >= 4 is 10.0 Å². The lowest BCUT2D eigenvalue weighted by Gasteiger charge is -2.15. The Bertz CT molecular complexity index is 503. The summed E-state index contributed by atoms with van der Waals surface area (Å²) in [6.07, 6.45) is 0. The number of ether oxygens (including phenoxy) is 1. The Kier molecular flexibility index (Phi) is 4.49. The normalized spacial score (nSPS) is 11.2. The molecule has 0 N–H and O–H groups in total. The van der Waals surface area contributed by atoms with E-state index in [0.29, 0.717) is 0 Å². The predicted molar refractivity (Wildman–Crippen MR) is 63.9 cm³/mol. The van der Waals surface area contributed by atoms with Crippen LogP contribution in [-0.2, 0) is 16.6 Å². The molecule has 0 bridgehead atoms. The lowest BCUT2D eigenvalue weighted by molar-refractivity contribution is 0.414. The van der Waals surface area contributed by atoms with Crippen LogP contribution in [0.25, 0.3) is 0 Å². The van der Waals surface area contributed by atoms with Crippen molar-refractivity contribution < 1.29 is 13.2 Å². The first kappa shape index (κ1) is 13.5. The largest absolute Gasteiger partial charge is 0.497 e. The lowest BCUT2D eigenvalue weighted by atomic mass is 10.2. The molecule has 0 saturated heterocycles. The first-order valence-corrected chi connectivity index (χ1v) is 6.54. The van der Waals surface area contributed by atoms with Gasteiger partial charge in [0, 0.05) is 13.6 Å². The molecule has 0 unspecified atom stereocenters. The van der Waals surface area contributed by atoms with Crippen molar-refractivity contribution in [2.24, 2.45) is 0 Å². The molecule has 5 nitrogen and oxygen atoms in total. The Balaban J connectivity index is 2.74. The van der Waals surface area contributed by atoms with Gasteiger partial charge in [-0.2, -0.15) is 9.57 Å². The van der Waals surface area contributed by atoms with Crippen molar-refractivity contribution in [2.45, 2.75) is 6.54 Å². The van der Waals surface area contributed by atoms with Crippen molar-refractivity contribution in [3.63, 3.8) is 0 Å². The molecule has 1 aromatic rings. The molecule has 0 spiro atoms. The maximum Gasteiger partial charge on any atom is 0.227 e. The number of sulfonamides is 1. The van der Waals surface area contributed by atoms with Gasteiger partial charge in [-0.1, -0.05) is 12.1 Å². The molecule has 0 heterocycles. The molecule has 92 valence electrons. The van der Waals surface area contributed by atoms with E-state index < -0.39 is 15.8 Å². The van der Waals surface area contributed by atoms with Crippen molar-refractivity contribution in [1.29, 1.82) is 5.26 Å². The van der Waals surface area contributed by atoms with Crippen LogP contribution in [0.5, 0.6) is 5.75 Å². The highest BCUT2D eigenvalue weighted by Crippen LogP contribution is 2.13. The molecule has 6 heteroatoms. The Labute approximate surface area is 101 Å². The lowest BCUT2D eigenvalue weighted by Crippen LogP contribution is -2.28. The van der Waals surface area contributed by atoms with Crippen LogP contribution in [0, 0.1) is 11.3 Å². The summed E-state index contributed by atoms with van der Waals surface area (Å²) in [6, 6.07) is 8.75. The van der Waals surface area contributed by atoms with Gasteiger partial charge in [0.1, 0.15) is 5.75 Å². The average Bonchev–Trinajstić information content (AvgIpc) is 2.30. The molecular formula is C11H14N2O3S. The van der Waals surface area contributed by atoms with Crippen LogP contribution in [0.3, 0.4) is 0 Å². The zero-order chi connectivity index (χ0) is 12.9. The fourth-order valence-electron chi connectivity index (χ4n) is 1.28. The Morgan fingerprint density at radius 2 is 1.94 bits per heavy atom. The minimum absolute atomic E-state index is 0.244. The smallest absolute Gasteiger partial charge is 0.227 e. The van der Waals surface area contributed by atoms with Crippen molar-refractivity contribution in [3.8, 4) is 11.8 Å². The number of benzene rings is 1. The number of rotatable bonds is 5. The van der Waals surface area contributed by atoms with Gasteiger partial charge in [-0.3, -0.25) is 0 Å². The summed E-state index contributed by atoms with van der Waals surface area (Å²) in [5.74, 6) is 0.218. The number of hydrogen-bond donors (Lipinski definition) is 0. The molecule has 17 heavy (non-hydrogen) atoms. The van der Waals surface area contributed by atoms with E-state index in [4.69, 9.17) is 10.00 Å². The summed E-state index contributed by atoms with van der Waals surface area (Å²) in [6.45, 7) is 0.244. The highest BCUT2D eigenvalue weighted by Gasteiger charge is 2.17. The molecule has 0 atom stereocenters. The summed E-state index contributed by atoms with van der Waals surface area (Å²) in [4.78, 5) is 0. The van der Waals surface area contributed by atoms with Crippen LogP contribution in [0.4, 0.5) is 0 Å². The molecule has 0 aliphatic heterocycles. The average molecular weight is 254 g/mol. The van der Waals surface area contributed by atoms with Crippen LogP contribution in [0.15, 0.2) is 24.3 Å². The highest BCUT2D eigenvalue weighted by molar-refractivity contribution is 7.89. The molecule has 0 aromatic heterocycles. The summed E-state index contributed by atoms with van der Waals surface area (Å²) in [5, 5.41) is 8.41.